The van der Waals surface area contributed by atoms with E-state index < -0.39 is 0 Å². The molecule has 1 aromatic carbocycles. The summed E-state index contributed by atoms with van der Waals surface area (Å²) in [7, 11) is 0. The van der Waals surface area contributed by atoms with Crippen molar-refractivity contribution in [1.82, 2.24) is 5.32 Å². The van der Waals surface area contributed by atoms with Crippen molar-refractivity contribution in [2.75, 3.05) is 0 Å². The van der Waals surface area contributed by atoms with Crippen molar-refractivity contribution in [3.63, 3.8) is 0 Å². The third-order valence-electron chi connectivity index (χ3n) is 3.22. The van der Waals surface area contributed by atoms with Crippen molar-refractivity contribution in [3.8, 4) is 0 Å². The van der Waals surface area contributed by atoms with Gasteiger partial charge in [-0.05, 0) is 43.9 Å². The molecule has 90 valence electrons. The highest BCUT2D eigenvalue weighted by atomic mass is 14.9. The monoisotopic (exact) mass is 219 g/mol. The Morgan fingerprint density at radius 1 is 1.19 bits per heavy atom. The summed E-state index contributed by atoms with van der Waals surface area (Å²) in [4.78, 5) is 0. The molecule has 0 spiro atoms. The van der Waals surface area contributed by atoms with Gasteiger partial charge in [0.1, 0.15) is 0 Å². The standard InChI is InChI=1S/C15H25N/c1-5-6-7-14(4)16-11-15-9-8-12(2)13(3)10-15/h8-10,14,16H,5-7,11H2,1-4H3. The lowest BCUT2D eigenvalue weighted by molar-refractivity contribution is 0.495. The van der Waals surface area contributed by atoms with Crippen molar-refractivity contribution >= 4 is 0 Å². The van der Waals surface area contributed by atoms with Gasteiger partial charge >= 0.3 is 0 Å². The van der Waals surface area contributed by atoms with E-state index in [1.807, 2.05) is 0 Å². The quantitative estimate of drug-likeness (QED) is 0.763. The third kappa shape index (κ3) is 4.36. The second-order valence-corrected chi connectivity index (χ2v) is 4.84. The molecule has 1 N–H and O–H groups in total. The summed E-state index contributed by atoms with van der Waals surface area (Å²) < 4.78 is 0. The molecule has 1 heteroatoms. The zero-order valence-electron chi connectivity index (χ0n) is 11.1. The molecular formula is C15H25N. The first-order chi connectivity index (χ1) is 7.63. The number of hydrogen-bond acceptors (Lipinski definition) is 1. The SMILES string of the molecule is CCCCC(C)NCc1ccc(C)c(C)c1. The topological polar surface area (TPSA) is 12.0 Å². The molecule has 0 aromatic heterocycles. The molecule has 1 nitrogen and oxygen atoms in total. The van der Waals surface area contributed by atoms with Crippen LogP contribution in [-0.4, -0.2) is 6.04 Å². The lowest BCUT2D eigenvalue weighted by atomic mass is 10.1. The third-order valence-corrected chi connectivity index (χ3v) is 3.22. The fourth-order valence-electron chi connectivity index (χ4n) is 1.82. The smallest absolute Gasteiger partial charge is 0.0208 e. The molecule has 16 heavy (non-hydrogen) atoms. The molecule has 1 aromatic rings. The minimum atomic E-state index is 0.626. The zero-order valence-corrected chi connectivity index (χ0v) is 11.1. The van der Waals surface area contributed by atoms with Crippen molar-refractivity contribution in [3.05, 3.63) is 34.9 Å². The molecule has 0 radical (unpaired) electrons. The summed E-state index contributed by atoms with van der Waals surface area (Å²) >= 11 is 0. The van der Waals surface area contributed by atoms with E-state index in [9.17, 15) is 0 Å². The Labute approximate surface area is 100 Å². The maximum Gasteiger partial charge on any atom is 0.0208 e. The molecule has 0 heterocycles. The average molecular weight is 219 g/mol. The second-order valence-electron chi connectivity index (χ2n) is 4.84. The first-order valence-corrected chi connectivity index (χ1v) is 6.43. The molecule has 0 saturated heterocycles. The average Bonchev–Trinajstić information content (AvgIpc) is 2.28. The van der Waals surface area contributed by atoms with Crippen LogP contribution in [0.3, 0.4) is 0 Å². The summed E-state index contributed by atoms with van der Waals surface area (Å²) in [6, 6.07) is 7.35. The Morgan fingerprint density at radius 2 is 1.94 bits per heavy atom. The van der Waals surface area contributed by atoms with Gasteiger partial charge in [-0.1, -0.05) is 38.0 Å². The van der Waals surface area contributed by atoms with E-state index in [2.05, 4.69) is 51.2 Å². The Kier molecular flexibility index (Phi) is 5.54. The van der Waals surface area contributed by atoms with E-state index in [0.717, 1.165) is 6.54 Å². The van der Waals surface area contributed by atoms with Gasteiger partial charge < -0.3 is 5.32 Å². The van der Waals surface area contributed by atoms with Crippen LogP contribution in [0.4, 0.5) is 0 Å². The van der Waals surface area contributed by atoms with Gasteiger partial charge in [-0.2, -0.15) is 0 Å². The van der Waals surface area contributed by atoms with Gasteiger partial charge in [0.2, 0.25) is 0 Å². The summed E-state index contributed by atoms with van der Waals surface area (Å²) in [5, 5.41) is 3.58. The minimum Gasteiger partial charge on any atom is -0.310 e. The van der Waals surface area contributed by atoms with E-state index in [0.29, 0.717) is 6.04 Å². The number of rotatable bonds is 6. The fourth-order valence-corrected chi connectivity index (χ4v) is 1.82. The number of aryl methyl sites for hydroxylation is 2. The Hall–Kier alpha value is -0.820. The Morgan fingerprint density at radius 3 is 2.56 bits per heavy atom. The summed E-state index contributed by atoms with van der Waals surface area (Å²) in [5.74, 6) is 0. The number of unbranched alkanes of at least 4 members (excludes halogenated alkanes) is 1. The molecule has 0 bridgehead atoms. The van der Waals surface area contributed by atoms with Crippen LogP contribution in [0, 0.1) is 13.8 Å². The van der Waals surface area contributed by atoms with E-state index in [-0.39, 0.29) is 0 Å². The van der Waals surface area contributed by atoms with Crippen molar-refractivity contribution in [2.24, 2.45) is 0 Å². The molecular weight excluding hydrogens is 194 g/mol. The van der Waals surface area contributed by atoms with Crippen LogP contribution >= 0.6 is 0 Å². The van der Waals surface area contributed by atoms with Crippen LogP contribution in [0.5, 0.6) is 0 Å². The van der Waals surface area contributed by atoms with Crippen LogP contribution in [0.15, 0.2) is 18.2 Å². The van der Waals surface area contributed by atoms with Crippen LogP contribution in [-0.2, 0) is 6.54 Å². The second kappa shape index (κ2) is 6.70. The molecule has 0 aliphatic carbocycles. The van der Waals surface area contributed by atoms with Gasteiger partial charge in [-0.25, -0.2) is 0 Å². The van der Waals surface area contributed by atoms with Gasteiger partial charge in [-0.3, -0.25) is 0 Å². The molecule has 1 rings (SSSR count). The van der Waals surface area contributed by atoms with Crippen LogP contribution < -0.4 is 5.32 Å². The van der Waals surface area contributed by atoms with Crippen molar-refractivity contribution < 1.29 is 0 Å². The summed E-state index contributed by atoms with van der Waals surface area (Å²) in [5.41, 5.74) is 4.16. The molecule has 0 aliphatic rings. The first kappa shape index (κ1) is 13.2. The molecule has 0 fully saturated rings. The fraction of sp³-hybridized carbons (Fsp3) is 0.600. The highest BCUT2D eigenvalue weighted by Crippen LogP contribution is 2.10. The predicted molar refractivity (Wildman–Crippen MR) is 71.7 cm³/mol. The lowest BCUT2D eigenvalue weighted by Crippen LogP contribution is -2.25. The van der Waals surface area contributed by atoms with E-state index in [4.69, 9.17) is 0 Å². The lowest BCUT2D eigenvalue weighted by Gasteiger charge is -2.14. The predicted octanol–water partition coefficient (Wildman–Crippen LogP) is 3.97. The molecule has 0 aliphatic heterocycles. The van der Waals surface area contributed by atoms with E-state index in [1.54, 1.807) is 0 Å². The highest BCUT2D eigenvalue weighted by molar-refractivity contribution is 5.29. The molecule has 0 amide bonds. The van der Waals surface area contributed by atoms with Gasteiger partial charge in [0.05, 0.1) is 0 Å². The minimum absolute atomic E-state index is 0.626. The van der Waals surface area contributed by atoms with Crippen molar-refractivity contribution in [2.45, 2.75) is 59.5 Å². The van der Waals surface area contributed by atoms with Gasteiger partial charge in [0.25, 0.3) is 0 Å². The normalized spacial score (nSPS) is 12.8. The van der Waals surface area contributed by atoms with Crippen LogP contribution in [0.1, 0.15) is 49.8 Å². The maximum atomic E-state index is 3.58. The first-order valence-electron chi connectivity index (χ1n) is 6.43. The number of hydrogen-bond donors (Lipinski definition) is 1. The van der Waals surface area contributed by atoms with Gasteiger partial charge in [0.15, 0.2) is 0 Å². The van der Waals surface area contributed by atoms with Gasteiger partial charge in [0, 0.05) is 12.6 Å². The van der Waals surface area contributed by atoms with E-state index >= 15 is 0 Å². The Balaban J connectivity index is 2.39. The Bertz CT molecular complexity index is 317. The number of nitrogens with one attached hydrogen (secondary N) is 1. The van der Waals surface area contributed by atoms with E-state index in [1.165, 1.54) is 36.0 Å². The zero-order chi connectivity index (χ0) is 12.0. The summed E-state index contributed by atoms with van der Waals surface area (Å²) in [6.45, 7) is 9.86. The molecule has 1 atom stereocenters. The highest BCUT2D eigenvalue weighted by Gasteiger charge is 2.01. The van der Waals surface area contributed by atoms with Gasteiger partial charge in [-0.15, -0.1) is 0 Å². The molecule has 1 unspecified atom stereocenters. The van der Waals surface area contributed by atoms with Crippen molar-refractivity contribution in [1.29, 1.82) is 0 Å². The maximum absolute atomic E-state index is 3.58. The summed E-state index contributed by atoms with van der Waals surface area (Å²) in [6.07, 6.45) is 3.89. The number of benzene rings is 1. The van der Waals surface area contributed by atoms with Crippen LogP contribution in [0.25, 0.3) is 0 Å². The molecule has 0 saturated carbocycles. The van der Waals surface area contributed by atoms with Crippen LogP contribution in [0.2, 0.25) is 0 Å². The largest absolute Gasteiger partial charge is 0.310 e.